The lowest BCUT2D eigenvalue weighted by Gasteiger charge is -2.07. The van der Waals surface area contributed by atoms with Crippen LogP contribution < -0.4 is 5.32 Å². The van der Waals surface area contributed by atoms with E-state index in [0.29, 0.717) is 10.9 Å². The van der Waals surface area contributed by atoms with Gasteiger partial charge >= 0.3 is 5.97 Å². The molecule has 2 aromatic rings. The molecule has 1 heterocycles. The number of thioether (sulfide) groups is 1. The smallest absolute Gasteiger partial charge is 0.337 e. The highest BCUT2D eigenvalue weighted by atomic mass is 32.2. The Hall–Kier alpha value is -2.86. The maximum atomic E-state index is 11.3. The normalized spacial score (nSPS) is 11.0. The van der Waals surface area contributed by atoms with Crippen molar-refractivity contribution in [1.82, 2.24) is 20.1 Å². The molecule has 0 aliphatic heterocycles. The molecule has 0 bridgehead atoms. The molecule has 0 aliphatic carbocycles. The molecule has 2 N–H and O–H groups in total. The Kier molecular flexibility index (Phi) is 4.53. The van der Waals surface area contributed by atoms with E-state index in [9.17, 15) is 9.90 Å². The summed E-state index contributed by atoms with van der Waals surface area (Å²) in [6, 6.07) is 4.66. The van der Waals surface area contributed by atoms with Crippen LogP contribution in [0, 0.1) is 11.5 Å². The van der Waals surface area contributed by atoms with Gasteiger partial charge in [0.2, 0.25) is 0 Å². The molecule has 0 amide bonds. The van der Waals surface area contributed by atoms with Crippen molar-refractivity contribution in [2.45, 2.75) is 0 Å². The van der Waals surface area contributed by atoms with Gasteiger partial charge in [-0.15, -0.1) is 10.2 Å². The first-order valence-electron chi connectivity index (χ1n) is 5.66. The number of carboxylic acid groups (broad SMARTS) is 1. The topological polar surface area (TPSA) is 116 Å². The summed E-state index contributed by atoms with van der Waals surface area (Å²) >= 11 is 1.21. The molecule has 0 aliphatic rings. The largest absolute Gasteiger partial charge is 0.478 e. The van der Waals surface area contributed by atoms with E-state index in [-0.39, 0.29) is 11.3 Å². The lowest BCUT2D eigenvalue weighted by molar-refractivity contribution is 0.0698. The number of hydrogen-bond acceptors (Lipinski definition) is 6. The molecule has 9 heteroatoms. The standard InChI is InChI=1S/C12H10N6O2S/c1-21-12(14-5-13)17-10-4-8(18-6-15-16-7-18)2-3-9(10)11(19)20/h2-4,6-7H,1H3,(H,14,17)(H,19,20). The van der Waals surface area contributed by atoms with Crippen LogP contribution in [0.4, 0.5) is 5.69 Å². The van der Waals surface area contributed by atoms with Crippen molar-refractivity contribution >= 4 is 28.6 Å². The minimum absolute atomic E-state index is 0.0399. The number of carbonyl (C=O) groups is 1. The summed E-state index contributed by atoms with van der Waals surface area (Å²) in [5.41, 5.74) is 0.945. The van der Waals surface area contributed by atoms with Crippen LogP contribution in [0.25, 0.3) is 5.69 Å². The number of carboxylic acids is 1. The predicted octanol–water partition coefficient (Wildman–Crippen LogP) is 1.39. The Balaban J connectivity index is 2.52. The third kappa shape index (κ3) is 3.37. The van der Waals surface area contributed by atoms with Crippen LogP contribution in [-0.2, 0) is 0 Å². The number of amidine groups is 1. The highest BCUT2D eigenvalue weighted by Gasteiger charge is 2.12. The van der Waals surface area contributed by atoms with Crippen LogP contribution in [0.1, 0.15) is 10.4 Å². The van der Waals surface area contributed by atoms with Crippen molar-refractivity contribution in [3.05, 3.63) is 36.4 Å². The lowest BCUT2D eigenvalue weighted by Crippen LogP contribution is -2.13. The van der Waals surface area contributed by atoms with Crippen molar-refractivity contribution in [1.29, 1.82) is 5.26 Å². The fraction of sp³-hybridized carbons (Fsp3) is 0.0833. The Morgan fingerprint density at radius 3 is 2.76 bits per heavy atom. The minimum Gasteiger partial charge on any atom is -0.478 e. The summed E-state index contributed by atoms with van der Waals surface area (Å²) in [5.74, 6) is -1.10. The molecule has 106 valence electrons. The number of aromatic nitrogens is 3. The Morgan fingerprint density at radius 2 is 2.19 bits per heavy atom. The number of aliphatic imine (C=N–C) groups is 1. The average molecular weight is 302 g/mol. The molecule has 1 aromatic carbocycles. The highest BCUT2D eigenvalue weighted by molar-refractivity contribution is 8.13. The highest BCUT2D eigenvalue weighted by Crippen LogP contribution is 2.24. The second-order valence-electron chi connectivity index (χ2n) is 3.73. The van der Waals surface area contributed by atoms with Crippen molar-refractivity contribution in [3.63, 3.8) is 0 Å². The van der Waals surface area contributed by atoms with Crippen LogP contribution >= 0.6 is 11.8 Å². The van der Waals surface area contributed by atoms with Gasteiger partial charge in [-0.3, -0.25) is 9.88 Å². The second-order valence-corrected chi connectivity index (χ2v) is 4.53. The van der Waals surface area contributed by atoms with Gasteiger partial charge in [0.15, 0.2) is 11.4 Å². The number of benzene rings is 1. The molecular formula is C12H10N6O2S. The number of nitriles is 1. The number of rotatable bonds is 3. The minimum atomic E-state index is -1.10. The van der Waals surface area contributed by atoms with Crippen molar-refractivity contribution in [3.8, 4) is 11.9 Å². The zero-order valence-corrected chi connectivity index (χ0v) is 11.7. The van der Waals surface area contributed by atoms with E-state index < -0.39 is 5.97 Å². The fourth-order valence-corrected chi connectivity index (χ4v) is 1.91. The summed E-state index contributed by atoms with van der Waals surface area (Å²) in [7, 11) is 0. The van der Waals surface area contributed by atoms with Gasteiger partial charge in [-0.1, -0.05) is 11.8 Å². The summed E-state index contributed by atoms with van der Waals surface area (Å²) < 4.78 is 1.63. The number of nitrogens with zero attached hydrogens (tertiary/aromatic N) is 5. The van der Waals surface area contributed by atoms with E-state index in [1.165, 1.54) is 30.5 Å². The van der Waals surface area contributed by atoms with Gasteiger partial charge in [0, 0.05) is 0 Å². The van der Waals surface area contributed by atoms with E-state index in [0.717, 1.165) is 0 Å². The van der Waals surface area contributed by atoms with E-state index in [1.54, 1.807) is 29.1 Å². The Bertz CT molecular complexity index is 720. The quantitative estimate of drug-likeness (QED) is 0.381. The van der Waals surface area contributed by atoms with E-state index in [1.807, 2.05) is 0 Å². The van der Waals surface area contributed by atoms with Crippen molar-refractivity contribution < 1.29 is 9.90 Å². The number of nitrogens with one attached hydrogen (secondary N) is 1. The third-order valence-electron chi connectivity index (χ3n) is 2.51. The molecule has 0 fully saturated rings. The Morgan fingerprint density at radius 1 is 1.48 bits per heavy atom. The van der Waals surface area contributed by atoms with E-state index in [2.05, 4.69) is 20.5 Å². The number of aromatic carboxylic acids is 1. The summed E-state index contributed by atoms with van der Waals surface area (Å²) in [6.07, 6.45) is 6.47. The SMILES string of the molecule is CSC(=Nc1cc(-n2cnnc2)ccc1C(=O)O)NC#N. The van der Waals surface area contributed by atoms with Crippen molar-refractivity contribution in [2.75, 3.05) is 6.26 Å². The molecule has 0 spiro atoms. The van der Waals surface area contributed by atoms with Crippen LogP contribution in [0.3, 0.4) is 0 Å². The maximum absolute atomic E-state index is 11.3. The second kappa shape index (κ2) is 6.53. The van der Waals surface area contributed by atoms with Crippen LogP contribution in [0.5, 0.6) is 0 Å². The molecule has 2 rings (SSSR count). The Labute approximate surface area is 124 Å². The molecule has 0 saturated heterocycles. The molecule has 21 heavy (non-hydrogen) atoms. The first kappa shape index (κ1) is 14.5. The van der Waals surface area contributed by atoms with E-state index in [4.69, 9.17) is 5.26 Å². The molecule has 8 nitrogen and oxygen atoms in total. The average Bonchev–Trinajstić information content (AvgIpc) is 3.00. The van der Waals surface area contributed by atoms with Crippen LogP contribution in [0.2, 0.25) is 0 Å². The number of hydrogen-bond donors (Lipinski definition) is 2. The predicted molar refractivity (Wildman–Crippen MR) is 77.7 cm³/mol. The third-order valence-corrected chi connectivity index (χ3v) is 3.09. The molecular weight excluding hydrogens is 292 g/mol. The first-order chi connectivity index (χ1) is 10.2. The summed E-state index contributed by atoms with van der Waals surface area (Å²) in [5, 5.41) is 27.9. The zero-order chi connectivity index (χ0) is 15.2. The van der Waals surface area contributed by atoms with Gasteiger partial charge in [0.1, 0.15) is 12.7 Å². The van der Waals surface area contributed by atoms with Crippen LogP contribution in [0.15, 0.2) is 35.8 Å². The molecule has 0 unspecified atom stereocenters. The fourth-order valence-electron chi connectivity index (χ4n) is 1.57. The van der Waals surface area contributed by atoms with Gasteiger partial charge in [-0.2, -0.15) is 5.26 Å². The first-order valence-corrected chi connectivity index (χ1v) is 6.88. The zero-order valence-electron chi connectivity index (χ0n) is 10.9. The van der Waals surface area contributed by atoms with Gasteiger partial charge in [-0.05, 0) is 24.5 Å². The van der Waals surface area contributed by atoms with Gasteiger partial charge in [0.25, 0.3) is 0 Å². The molecule has 0 saturated carbocycles. The van der Waals surface area contributed by atoms with E-state index >= 15 is 0 Å². The maximum Gasteiger partial charge on any atom is 0.337 e. The van der Waals surface area contributed by atoms with Crippen LogP contribution in [-0.4, -0.2) is 37.3 Å². The van der Waals surface area contributed by atoms with Gasteiger partial charge < -0.3 is 5.11 Å². The van der Waals surface area contributed by atoms with Gasteiger partial charge in [-0.25, -0.2) is 9.79 Å². The summed E-state index contributed by atoms with van der Waals surface area (Å²) in [6.45, 7) is 0. The molecule has 1 aromatic heterocycles. The lowest BCUT2D eigenvalue weighted by atomic mass is 10.1. The van der Waals surface area contributed by atoms with Gasteiger partial charge in [0.05, 0.1) is 16.9 Å². The van der Waals surface area contributed by atoms with Crippen molar-refractivity contribution in [2.24, 2.45) is 4.99 Å². The monoisotopic (exact) mass is 302 g/mol. The molecule has 0 atom stereocenters. The molecule has 0 radical (unpaired) electrons. The summed E-state index contributed by atoms with van der Waals surface area (Å²) in [4.78, 5) is 15.4.